The fraction of sp³-hybridized carbons (Fsp3) is 0.619. The van der Waals surface area contributed by atoms with E-state index in [1.54, 1.807) is 16.0 Å². The van der Waals surface area contributed by atoms with Gasteiger partial charge in [-0.2, -0.15) is 11.3 Å². The summed E-state index contributed by atoms with van der Waals surface area (Å²) in [5.74, 6) is 0.896. The lowest BCUT2D eigenvalue weighted by atomic mass is 9.64. The van der Waals surface area contributed by atoms with Crippen molar-refractivity contribution in [3.8, 4) is 0 Å². The van der Waals surface area contributed by atoms with Crippen LogP contribution in [-0.2, 0) is 15.7 Å². The molecule has 2 aliphatic rings. The molecule has 0 spiro atoms. The Morgan fingerprint density at radius 1 is 1.32 bits per heavy atom. The maximum atomic E-state index is 13.0. The molecule has 2 heterocycles. The molecule has 2 N–H and O–H groups in total. The Labute approximate surface area is 169 Å². The summed E-state index contributed by atoms with van der Waals surface area (Å²) in [6.45, 7) is 4.44. The summed E-state index contributed by atoms with van der Waals surface area (Å²) in [6, 6.07) is 1.89. The Hall–Kier alpha value is -2.02. The van der Waals surface area contributed by atoms with Crippen LogP contribution in [0.25, 0.3) is 0 Å². The van der Waals surface area contributed by atoms with Crippen molar-refractivity contribution in [1.29, 1.82) is 0 Å². The number of hydrogen-bond acceptors (Lipinski definition) is 5. The second kappa shape index (κ2) is 7.10. The number of thiophene rings is 1. The minimum atomic E-state index is -0.718. The smallest absolute Gasteiger partial charge is 0.245 e. The molecular formula is C21H28N4O2S. The van der Waals surface area contributed by atoms with E-state index >= 15 is 0 Å². The molecule has 0 aromatic carbocycles. The van der Waals surface area contributed by atoms with Crippen LogP contribution in [0, 0.1) is 11.8 Å². The third-order valence-corrected chi connectivity index (χ3v) is 7.67. The van der Waals surface area contributed by atoms with Gasteiger partial charge < -0.3 is 5.73 Å². The molecule has 2 fully saturated rings. The van der Waals surface area contributed by atoms with Crippen LogP contribution >= 0.6 is 11.3 Å². The minimum absolute atomic E-state index is 0.146. The number of hydrogen-bond donors (Lipinski definition) is 1. The van der Waals surface area contributed by atoms with E-state index in [1.807, 2.05) is 23.0 Å². The number of nitrogens with zero attached hydrogens (tertiary/aromatic N) is 3. The van der Waals surface area contributed by atoms with E-state index in [1.165, 1.54) is 12.8 Å². The van der Waals surface area contributed by atoms with Crippen LogP contribution in [0.15, 0.2) is 23.0 Å². The molecule has 6 nitrogen and oxygen atoms in total. The maximum Gasteiger partial charge on any atom is 0.245 e. The molecule has 2 aliphatic carbocycles. The number of carbonyl (C=O) groups excluding carboxylic acids is 2. The average molecular weight is 401 g/mol. The van der Waals surface area contributed by atoms with Gasteiger partial charge in [0.05, 0.1) is 11.9 Å². The molecule has 0 saturated heterocycles. The fourth-order valence-corrected chi connectivity index (χ4v) is 5.30. The Balaban J connectivity index is 1.66. The first kappa shape index (κ1) is 19.3. The van der Waals surface area contributed by atoms with Crippen LogP contribution in [0.3, 0.4) is 0 Å². The molecule has 0 bridgehead atoms. The zero-order chi connectivity index (χ0) is 19.9. The second-order valence-corrected chi connectivity index (χ2v) is 9.71. The molecular weight excluding hydrogens is 372 g/mol. The monoisotopic (exact) mass is 400 g/mol. The topological polar surface area (TPSA) is 90.9 Å². The number of primary amides is 1. The second-order valence-electron chi connectivity index (χ2n) is 8.93. The lowest BCUT2D eigenvalue weighted by Crippen LogP contribution is -2.37. The highest BCUT2D eigenvalue weighted by molar-refractivity contribution is 7.08. The Bertz CT molecular complexity index is 863. The highest BCUT2D eigenvalue weighted by Gasteiger charge is 2.52. The molecule has 0 unspecified atom stereocenters. The molecule has 2 aromatic rings. The van der Waals surface area contributed by atoms with Crippen LogP contribution in [-0.4, -0.2) is 26.7 Å². The molecule has 1 amide bonds. The van der Waals surface area contributed by atoms with Gasteiger partial charge in [-0.1, -0.05) is 31.9 Å². The van der Waals surface area contributed by atoms with Crippen molar-refractivity contribution in [3.63, 3.8) is 0 Å². The van der Waals surface area contributed by atoms with E-state index in [2.05, 4.69) is 24.2 Å². The van der Waals surface area contributed by atoms with Crippen LogP contribution in [0.4, 0.5) is 0 Å². The van der Waals surface area contributed by atoms with E-state index in [0.29, 0.717) is 25.2 Å². The van der Waals surface area contributed by atoms with Crippen LogP contribution in [0.1, 0.15) is 74.8 Å². The molecule has 0 aliphatic heterocycles. The number of nitrogens with two attached hydrogens (primary N) is 1. The van der Waals surface area contributed by atoms with E-state index in [0.717, 1.165) is 30.0 Å². The van der Waals surface area contributed by atoms with Gasteiger partial charge in [-0.25, -0.2) is 4.68 Å². The fourth-order valence-electron chi connectivity index (χ4n) is 4.64. The number of carbonyl (C=O) groups is 2. The summed E-state index contributed by atoms with van der Waals surface area (Å²) >= 11 is 1.54. The van der Waals surface area contributed by atoms with Crippen molar-refractivity contribution in [1.82, 2.24) is 15.0 Å². The number of rotatable bonds is 7. The lowest BCUT2D eigenvalue weighted by Gasteiger charge is -2.39. The molecule has 0 radical (unpaired) electrons. The zero-order valence-electron chi connectivity index (χ0n) is 16.6. The predicted molar refractivity (Wildman–Crippen MR) is 108 cm³/mol. The van der Waals surface area contributed by atoms with E-state index in [4.69, 9.17) is 5.73 Å². The van der Waals surface area contributed by atoms with Crippen LogP contribution in [0.2, 0.25) is 0 Å². The molecule has 2 aromatic heterocycles. The Kier molecular flexibility index (Phi) is 4.89. The first-order chi connectivity index (χ1) is 13.3. The number of aromatic nitrogens is 3. The molecule has 150 valence electrons. The van der Waals surface area contributed by atoms with Gasteiger partial charge in [0.25, 0.3) is 0 Å². The standard InChI is InChI=1S/C21H28N4O2S/c1-14-3-5-16(6-4-14)20(2,11-17(26)15-7-10-28-13-15)18-12-25(24-23-18)21(8-9-21)19(22)27/h7,10,12-14,16H,3-6,8-9,11H2,1-2H3,(H2,22,27)/t14?,16?,20-/m0/s1. The van der Waals surface area contributed by atoms with Crippen LogP contribution in [0.5, 0.6) is 0 Å². The number of amides is 1. The normalized spacial score (nSPS) is 25.8. The summed E-state index contributed by atoms with van der Waals surface area (Å²) in [5.41, 5.74) is 6.07. The predicted octanol–water partition coefficient (Wildman–Crippen LogP) is 3.67. The van der Waals surface area contributed by atoms with Gasteiger partial charge in [0.1, 0.15) is 5.54 Å². The molecule has 1 atom stereocenters. The zero-order valence-corrected chi connectivity index (χ0v) is 17.4. The molecule has 4 rings (SSSR count). The minimum Gasteiger partial charge on any atom is -0.368 e. The van der Waals surface area contributed by atoms with Crippen molar-refractivity contribution in [2.24, 2.45) is 17.6 Å². The quantitative estimate of drug-likeness (QED) is 0.718. The highest BCUT2D eigenvalue weighted by Crippen LogP contribution is 2.47. The van der Waals surface area contributed by atoms with Gasteiger partial charge in [-0.05, 0) is 49.0 Å². The van der Waals surface area contributed by atoms with Gasteiger partial charge >= 0.3 is 0 Å². The van der Waals surface area contributed by atoms with Crippen molar-refractivity contribution in [2.45, 2.75) is 69.7 Å². The summed E-state index contributed by atoms with van der Waals surface area (Å²) in [6.07, 6.45) is 8.21. The first-order valence-corrected chi connectivity index (χ1v) is 11.1. The number of ketones is 1. The van der Waals surface area contributed by atoms with Gasteiger partial charge in [0, 0.05) is 22.8 Å². The average Bonchev–Trinajstić information content (AvgIpc) is 3.10. The van der Waals surface area contributed by atoms with E-state index in [9.17, 15) is 9.59 Å². The first-order valence-electron chi connectivity index (χ1n) is 10.1. The van der Waals surface area contributed by atoms with Crippen molar-refractivity contribution in [2.75, 3.05) is 0 Å². The molecule has 2 saturated carbocycles. The summed E-state index contributed by atoms with van der Waals surface area (Å²) in [4.78, 5) is 24.9. The summed E-state index contributed by atoms with van der Waals surface area (Å²) in [5, 5.41) is 12.6. The lowest BCUT2D eigenvalue weighted by molar-refractivity contribution is -0.122. The van der Waals surface area contributed by atoms with Crippen molar-refractivity contribution >= 4 is 23.0 Å². The third-order valence-electron chi connectivity index (χ3n) is 6.99. The van der Waals surface area contributed by atoms with Gasteiger partial charge in [0.2, 0.25) is 5.91 Å². The largest absolute Gasteiger partial charge is 0.368 e. The summed E-state index contributed by atoms with van der Waals surface area (Å²) < 4.78 is 1.64. The van der Waals surface area contributed by atoms with Crippen molar-refractivity contribution < 1.29 is 9.59 Å². The van der Waals surface area contributed by atoms with Crippen molar-refractivity contribution in [3.05, 3.63) is 34.3 Å². The number of Topliss-reactive ketones (excluding diaryl/α,β-unsaturated/α-hetero) is 1. The molecule has 28 heavy (non-hydrogen) atoms. The highest BCUT2D eigenvalue weighted by atomic mass is 32.1. The SMILES string of the molecule is CC1CCC([C@](C)(CC(=O)c2ccsc2)c2cn(C3(C(N)=O)CC3)nn2)CC1. The summed E-state index contributed by atoms with van der Waals surface area (Å²) in [7, 11) is 0. The van der Waals surface area contributed by atoms with E-state index in [-0.39, 0.29) is 11.7 Å². The van der Waals surface area contributed by atoms with Gasteiger partial charge in [-0.3, -0.25) is 9.59 Å². The van der Waals surface area contributed by atoms with Crippen LogP contribution < -0.4 is 5.73 Å². The Morgan fingerprint density at radius 3 is 2.61 bits per heavy atom. The van der Waals surface area contributed by atoms with E-state index < -0.39 is 11.0 Å². The Morgan fingerprint density at radius 2 is 2.04 bits per heavy atom. The maximum absolute atomic E-state index is 13.0. The van der Waals surface area contributed by atoms with Gasteiger partial charge in [-0.15, -0.1) is 5.10 Å². The third kappa shape index (κ3) is 3.30. The van der Waals surface area contributed by atoms with Gasteiger partial charge in [0.15, 0.2) is 5.78 Å². The molecule has 7 heteroatoms.